The van der Waals surface area contributed by atoms with Crippen LogP contribution in [0.3, 0.4) is 0 Å². The second-order valence-corrected chi connectivity index (χ2v) is 8.49. The number of rotatable bonds is 7. The van der Waals surface area contributed by atoms with Crippen molar-refractivity contribution in [2.24, 2.45) is 0 Å². The number of hydrogen-bond acceptors (Lipinski definition) is 3. The summed E-state index contributed by atoms with van der Waals surface area (Å²) in [5.41, 5.74) is 4.99. The highest BCUT2D eigenvalue weighted by Crippen LogP contribution is 2.27. The molecule has 0 unspecified atom stereocenters. The number of anilines is 2. The maximum atomic E-state index is 13.4. The Morgan fingerprint density at radius 3 is 2.25 bits per heavy atom. The van der Waals surface area contributed by atoms with Crippen molar-refractivity contribution in [1.29, 1.82) is 0 Å². The number of carbonyl (C=O) groups excluding carboxylic acids is 2. The van der Waals surface area contributed by atoms with Gasteiger partial charge in [0.05, 0.1) is 18.3 Å². The number of carbonyl (C=O) groups is 2. The van der Waals surface area contributed by atoms with Crippen LogP contribution >= 0.6 is 0 Å². The van der Waals surface area contributed by atoms with Gasteiger partial charge in [-0.2, -0.15) is 0 Å². The summed E-state index contributed by atoms with van der Waals surface area (Å²) in [7, 11) is 1.81. The van der Waals surface area contributed by atoms with Crippen LogP contribution in [0.4, 0.5) is 11.4 Å². The van der Waals surface area contributed by atoms with Gasteiger partial charge in [0.25, 0.3) is 0 Å². The fourth-order valence-electron chi connectivity index (χ4n) is 4.22. The zero-order valence-electron chi connectivity index (χ0n) is 19.9. The molecule has 3 rings (SSSR count). The number of hydrogen-bond donors (Lipinski definition) is 1. The summed E-state index contributed by atoms with van der Waals surface area (Å²) in [6.45, 7) is 10.5. The highest BCUT2D eigenvalue weighted by Gasteiger charge is 2.26. The van der Waals surface area contributed by atoms with Crippen molar-refractivity contribution in [3.8, 4) is 0 Å². The minimum Gasteiger partial charge on any atom is -0.324 e. The summed E-state index contributed by atoms with van der Waals surface area (Å²) in [4.78, 5) is 29.7. The number of benzene rings is 3. The molecule has 3 aromatic carbocycles. The quantitative estimate of drug-likeness (QED) is 0.568. The minimum atomic E-state index is -0.445. The molecule has 0 aliphatic heterocycles. The Morgan fingerprint density at radius 1 is 0.969 bits per heavy atom. The second kappa shape index (κ2) is 9.96. The number of likely N-dealkylation sites (N-methyl/N-ethyl adjacent to an activating group) is 2. The number of fused-ring (bicyclic) bond motifs is 1. The third-order valence-corrected chi connectivity index (χ3v) is 5.99. The molecule has 0 saturated heterocycles. The van der Waals surface area contributed by atoms with Crippen LogP contribution in [0.5, 0.6) is 0 Å². The van der Waals surface area contributed by atoms with Gasteiger partial charge in [0.1, 0.15) is 0 Å². The summed E-state index contributed by atoms with van der Waals surface area (Å²) in [6, 6.07) is 17.7. The van der Waals surface area contributed by atoms with Crippen LogP contribution in [-0.4, -0.2) is 42.9 Å². The van der Waals surface area contributed by atoms with Gasteiger partial charge in [-0.25, -0.2) is 0 Å². The van der Waals surface area contributed by atoms with Crippen LogP contribution in [0.25, 0.3) is 10.8 Å². The van der Waals surface area contributed by atoms with Crippen LogP contribution in [0.15, 0.2) is 54.6 Å². The molecule has 168 valence electrons. The van der Waals surface area contributed by atoms with Gasteiger partial charge in [0.2, 0.25) is 11.8 Å². The fourth-order valence-corrected chi connectivity index (χ4v) is 4.22. The normalized spacial score (nSPS) is 12.1. The molecule has 0 saturated carbocycles. The standard InChI is InChI=1S/C27H33N3O2/c1-7-30(24-14-10-12-22-11-8-9-13-23(22)24)27(32)21(5)29(6)17-25(31)28-26-19(3)15-18(2)16-20(26)4/h8-16,21H,7,17H2,1-6H3,(H,28,31)/t21-/m0/s1. The van der Waals surface area contributed by atoms with Crippen molar-refractivity contribution in [2.45, 2.75) is 40.7 Å². The van der Waals surface area contributed by atoms with Gasteiger partial charge in [-0.05, 0) is 64.2 Å². The molecule has 2 amide bonds. The van der Waals surface area contributed by atoms with Crippen LogP contribution in [0.2, 0.25) is 0 Å². The van der Waals surface area contributed by atoms with E-state index >= 15 is 0 Å². The van der Waals surface area contributed by atoms with Crippen LogP contribution in [0, 0.1) is 20.8 Å². The zero-order chi connectivity index (χ0) is 23.4. The Morgan fingerprint density at radius 2 is 1.59 bits per heavy atom. The Kier molecular flexibility index (Phi) is 7.31. The molecule has 3 aromatic rings. The van der Waals surface area contributed by atoms with Gasteiger partial charge in [-0.1, -0.05) is 54.1 Å². The van der Waals surface area contributed by atoms with Crippen molar-refractivity contribution in [3.63, 3.8) is 0 Å². The Labute approximate surface area is 191 Å². The molecule has 0 spiro atoms. The average Bonchev–Trinajstić information content (AvgIpc) is 2.76. The summed E-state index contributed by atoms with van der Waals surface area (Å²) < 4.78 is 0. The van der Waals surface area contributed by atoms with Gasteiger partial charge >= 0.3 is 0 Å². The molecule has 0 aliphatic rings. The van der Waals surface area contributed by atoms with E-state index in [0.29, 0.717) is 6.54 Å². The topological polar surface area (TPSA) is 52.7 Å². The van der Waals surface area contributed by atoms with E-state index < -0.39 is 6.04 Å². The first-order valence-electron chi connectivity index (χ1n) is 11.1. The van der Waals surface area contributed by atoms with E-state index in [1.54, 1.807) is 9.80 Å². The van der Waals surface area contributed by atoms with E-state index in [-0.39, 0.29) is 18.4 Å². The molecule has 32 heavy (non-hydrogen) atoms. The van der Waals surface area contributed by atoms with Gasteiger partial charge in [0, 0.05) is 17.6 Å². The van der Waals surface area contributed by atoms with Crippen molar-refractivity contribution in [2.75, 3.05) is 30.4 Å². The number of nitrogens with zero attached hydrogens (tertiary/aromatic N) is 2. The maximum Gasteiger partial charge on any atom is 0.244 e. The maximum absolute atomic E-state index is 13.4. The lowest BCUT2D eigenvalue weighted by molar-refractivity contribution is -0.124. The van der Waals surface area contributed by atoms with E-state index in [1.165, 1.54) is 5.56 Å². The minimum absolute atomic E-state index is 0.0261. The van der Waals surface area contributed by atoms with E-state index in [2.05, 4.69) is 17.4 Å². The molecule has 0 bridgehead atoms. The van der Waals surface area contributed by atoms with E-state index in [1.807, 2.05) is 84.1 Å². The van der Waals surface area contributed by atoms with E-state index in [9.17, 15) is 9.59 Å². The average molecular weight is 432 g/mol. The lowest BCUT2D eigenvalue weighted by Gasteiger charge is -2.30. The number of aryl methyl sites for hydroxylation is 3. The molecule has 0 fully saturated rings. The lowest BCUT2D eigenvalue weighted by Crippen LogP contribution is -2.48. The second-order valence-electron chi connectivity index (χ2n) is 8.49. The highest BCUT2D eigenvalue weighted by atomic mass is 16.2. The third kappa shape index (κ3) is 5.00. The first-order chi connectivity index (χ1) is 15.2. The highest BCUT2D eigenvalue weighted by molar-refractivity contribution is 6.05. The molecular formula is C27H33N3O2. The van der Waals surface area contributed by atoms with Crippen LogP contribution in [0.1, 0.15) is 30.5 Å². The fraction of sp³-hybridized carbons (Fsp3) is 0.333. The predicted octanol–water partition coefficient (Wildman–Crippen LogP) is 5.08. The molecule has 0 aromatic heterocycles. The van der Waals surface area contributed by atoms with Crippen molar-refractivity contribution >= 4 is 34.0 Å². The molecule has 5 heteroatoms. The molecular weight excluding hydrogens is 398 g/mol. The molecule has 0 aliphatic carbocycles. The van der Waals surface area contributed by atoms with Crippen molar-refractivity contribution in [1.82, 2.24) is 4.90 Å². The summed E-state index contributed by atoms with van der Waals surface area (Å²) in [5, 5.41) is 5.17. The molecule has 0 heterocycles. The molecule has 1 N–H and O–H groups in total. The van der Waals surface area contributed by atoms with Gasteiger partial charge in [0.15, 0.2) is 0 Å². The molecule has 0 radical (unpaired) electrons. The third-order valence-electron chi connectivity index (χ3n) is 5.99. The Hall–Kier alpha value is -3.18. The summed E-state index contributed by atoms with van der Waals surface area (Å²) in [5.74, 6) is -0.155. The largest absolute Gasteiger partial charge is 0.324 e. The molecule has 5 nitrogen and oxygen atoms in total. The summed E-state index contributed by atoms with van der Waals surface area (Å²) >= 11 is 0. The Bertz CT molecular complexity index is 1110. The van der Waals surface area contributed by atoms with E-state index in [0.717, 1.165) is 33.3 Å². The molecule has 1 atom stereocenters. The van der Waals surface area contributed by atoms with Crippen LogP contribution < -0.4 is 10.2 Å². The predicted molar refractivity (Wildman–Crippen MR) is 133 cm³/mol. The zero-order valence-corrected chi connectivity index (χ0v) is 19.9. The number of amides is 2. The number of nitrogens with one attached hydrogen (secondary N) is 1. The van der Waals surface area contributed by atoms with Gasteiger partial charge < -0.3 is 10.2 Å². The Balaban J connectivity index is 1.73. The van der Waals surface area contributed by atoms with Crippen LogP contribution in [-0.2, 0) is 9.59 Å². The monoisotopic (exact) mass is 431 g/mol. The van der Waals surface area contributed by atoms with Gasteiger partial charge in [-0.3, -0.25) is 14.5 Å². The summed E-state index contributed by atoms with van der Waals surface area (Å²) in [6.07, 6.45) is 0. The first kappa shape index (κ1) is 23.5. The van der Waals surface area contributed by atoms with E-state index in [4.69, 9.17) is 0 Å². The van der Waals surface area contributed by atoms with Crippen molar-refractivity contribution in [3.05, 3.63) is 71.3 Å². The lowest BCUT2D eigenvalue weighted by atomic mass is 10.1. The van der Waals surface area contributed by atoms with Crippen molar-refractivity contribution < 1.29 is 9.59 Å². The smallest absolute Gasteiger partial charge is 0.244 e. The van der Waals surface area contributed by atoms with Gasteiger partial charge in [-0.15, -0.1) is 0 Å². The first-order valence-corrected chi connectivity index (χ1v) is 11.1. The SMILES string of the molecule is CCN(C(=O)[C@H](C)N(C)CC(=O)Nc1c(C)cc(C)cc1C)c1cccc2ccccc12.